The molecule has 0 saturated carbocycles. The lowest BCUT2D eigenvalue weighted by molar-refractivity contribution is 0.0664. The molecule has 0 aliphatic carbocycles. The summed E-state index contributed by atoms with van der Waals surface area (Å²) in [6.07, 6.45) is 0. The fraction of sp³-hybridized carbons (Fsp3) is 0.238. The summed E-state index contributed by atoms with van der Waals surface area (Å²) in [6.45, 7) is 3.16. The minimum absolute atomic E-state index is 0.0101. The monoisotopic (exact) mass is 413 g/mol. The lowest BCUT2D eigenvalue weighted by Crippen LogP contribution is -2.47. The molecule has 2 aromatic carbocycles. The second kappa shape index (κ2) is 7.91. The van der Waals surface area contributed by atoms with Crippen molar-refractivity contribution in [1.29, 1.82) is 0 Å². The van der Waals surface area contributed by atoms with E-state index in [0.29, 0.717) is 34.2 Å². The van der Waals surface area contributed by atoms with Gasteiger partial charge in [0, 0.05) is 47.5 Å². The van der Waals surface area contributed by atoms with Crippen LogP contribution in [0.5, 0.6) is 0 Å². The molecule has 2 amide bonds. The number of thiophene rings is 1. The van der Waals surface area contributed by atoms with E-state index in [1.54, 1.807) is 24.3 Å². The Balaban J connectivity index is 1.52. The standard InChI is InChI=1S/C21H20ClN3O2S/c1-24-9-11-25(12-10-24)21(27)14-5-4-6-15(13-14)23-20(26)19-18(22)16-7-2-3-8-17(16)28-19/h2-8,13H,9-12H2,1H3,(H,23,26). The molecule has 3 aromatic rings. The number of carbonyl (C=O) groups excluding carboxylic acids is 2. The van der Waals surface area contributed by atoms with Gasteiger partial charge in [-0.3, -0.25) is 9.59 Å². The molecule has 7 heteroatoms. The SMILES string of the molecule is CN1CCN(C(=O)c2cccc(NC(=O)c3sc4ccccc4c3Cl)c2)CC1. The molecule has 4 rings (SSSR count). The maximum absolute atomic E-state index is 12.8. The first-order valence-electron chi connectivity index (χ1n) is 9.09. The predicted octanol–water partition coefficient (Wildman–Crippen LogP) is 4.19. The highest BCUT2D eigenvalue weighted by atomic mass is 35.5. The van der Waals surface area contributed by atoms with E-state index >= 15 is 0 Å². The molecule has 0 unspecified atom stereocenters. The van der Waals surface area contributed by atoms with E-state index in [9.17, 15) is 9.59 Å². The first kappa shape index (κ1) is 18.9. The molecule has 1 aliphatic rings. The van der Waals surface area contributed by atoms with Crippen LogP contribution >= 0.6 is 22.9 Å². The Morgan fingerprint density at radius 1 is 1.04 bits per heavy atom. The number of carbonyl (C=O) groups is 2. The summed E-state index contributed by atoms with van der Waals surface area (Å²) in [5, 5.41) is 4.21. The zero-order valence-corrected chi connectivity index (χ0v) is 17.0. The third kappa shape index (κ3) is 3.76. The number of hydrogen-bond donors (Lipinski definition) is 1. The van der Waals surface area contributed by atoms with Crippen LogP contribution in [0.25, 0.3) is 10.1 Å². The molecular formula is C21H20ClN3O2S. The van der Waals surface area contributed by atoms with Gasteiger partial charge in [0.1, 0.15) is 4.88 Å². The summed E-state index contributed by atoms with van der Waals surface area (Å²) in [4.78, 5) is 30.0. The molecule has 28 heavy (non-hydrogen) atoms. The molecule has 0 spiro atoms. The predicted molar refractivity (Wildman–Crippen MR) is 115 cm³/mol. The Morgan fingerprint density at radius 2 is 1.79 bits per heavy atom. The molecule has 2 heterocycles. The number of nitrogens with zero attached hydrogens (tertiary/aromatic N) is 2. The van der Waals surface area contributed by atoms with E-state index in [1.807, 2.05) is 29.2 Å². The van der Waals surface area contributed by atoms with Gasteiger partial charge in [-0.2, -0.15) is 0 Å². The molecule has 0 radical (unpaired) electrons. The van der Waals surface area contributed by atoms with Crippen LogP contribution in [0.1, 0.15) is 20.0 Å². The van der Waals surface area contributed by atoms with E-state index in [-0.39, 0.29) is 11.8 Å². The van der Waals surface area contributed by atoms with E-state index in [0.717, 1.165) is 23.2 Å². The minimum atomic E-state index is -0.268. The van der Waals surface area contributed by atoms with Crippen LogP contribution in [-0.4, -0.2) is 54.8 Å². The average molecular weight is 414 g/mol. The van der Waals surface area contributed by atoms with Gasteiger partial charge in [0.25, 0.3) is 11.8 Å². The minimum Gasteiger partial charge on any atom is -0.336 e. The third-order valence-electron chi connectivity index (χ3n) is 4.90. The number of fused-ring (bicyclic) bond motifs is 1. The molecule has 1 fully saturated rings. The second-order valence-corrected chi connectivity index (χ2v) is 8.30. The maximum Gasteiger partial charge on any atom is 0.267 e. The summed E-state index contributed by atoms with van der Waals surface area (Å²) in [5.41, 5.74) is 1.16. The van der Waals surface area contributed by atoms with Crippen LogP contribution in [-0.2, 0) is 0 Å². The number of anilines is 1. The van der Waals surface area contributed by atoms with Crippen LogP contribution in [0.2, 0.25) is 5.02 Å². The number of benzene rings is 2. The fourth-order valence-corrected chi connectivity index (χ4v) is 4.68. The number of hydrogen-bond acceptors (Lipinski definition) is 4. The first-order valence-corrected chi connectivity index (χ1v) is 10.3. The average Bonchev–Trinajstić information content (AvgIpc) is 3.05. The van der Waals surface area contributed by atoms with Crippen molar-refractivity contribution in [2.24, 2.45) is 0 Å². The summed E-state index contributed by atoms with van der Waals surface area (Å²) in [7, 11) is 2.05. The van der Waals surface area contributed by atoms with Gasteiger partial charge in [0.05, 0.1) is 5.02 Å². The number of nitrogens with one attached hydrogen (secondary N) is 1. The quantitative estimate of drug-likeness (QED) is 0.700. The van der Waals surface area contributed by atoms with Gasteiger partial charge in [-0.1, -0.05) is 35.9 Å². The van der Waals surface area contributed by atoms with Crippen molar-refractivity contribution in [2.75, 3.05) is 38.5 Å². The van der Waals surface area contributed by atoms with Gasteiger partial charge in [0.2, 0.25) is 0 Å². The number of piperazine rings is 1. The van der Waals surface area contributed by atoms with Gasteiger partial charge >= 0.3 is 0 Å². The summed E-state index contributed by atoms with van der Waals surface area (Å²) < 4.78 is 0.969. The van der Waals surface area contributed by atoms with Crippen molar-refractivity contribution < 1.29 is 9.59 Å². The van der Waals surface area contributed by atoms with Gasteiger partial charge in [-0.25, -0.2) is 0 Å². The summed E-state index contributed by atoms with van der Waals surface area (Å²) in [5.74, 6) is -0.278. The van der Waals surface area contributed by atoms with Gasteiger partial charge < -0.3 is 15.1 Å². The molecule has 0 atom stereocenters. The topological polar surface area (TPSA) is 52.6 Å². The van der Waals surface area contributed by atoms with Gasteiger partial charge in [-0.15, -0.1) is 11.3 Å². The highest BCUT2D eigenvalue weighted by Gasteiger charge is 2.21. The first-order chi connectivity index (χ1) is 13.5. The largest absolute Gasteiger partial charge is 0.336 e. The summed E-state index contributed by atoms with van der Waals surface area (Å²) >= 11 is 7.76. The van der Waals surface area contributed by atoms with Crippen LogP contribution in [0, 0.1) is 0 Å². The molecule has 5 nitrogen and oxygen atoms in total. The van der Waals surface area contributed by atoms with Crippen molar-refractivity contribution in [2.45, 2.75) is 0 Å². The molecule has 1 aromatic heterocycles. The Kier molecular flexibility index (Phi) is 5.35. The number of likely N-dealkylation sites (N-methyl/N-ethyl adjacent to an activating group) is 1. The normalized spacial score (nSPS) is 15.0. The molecule has 1 N–H and O–H groups in total. The zero-order valence-electron chi connectivity index (χ0n) is 15.4. The van der Waals surface area contributed by atoms with E-state index in [4.69, 9.17) is 11.6 Å². The second-order valence-electron chi connectivity index (χ2n) is 6.87. The molecule has 1 saturated heterocycles. The lowest BCUT2D eigenvalue weighted by atomic mass is 10.1. The number of halogens is 1. The van der Waals surface area contributed by atoms with Crippen LogP contribution in [0.4, 0.5) is 5.69 Å². The zero-order chi connectivity index (χ0) is 19.7. The number of amides is 2. The number of rotatable bonds is 3. The van der Waals surface area contributed by atoms with Crippen molar-refractivity contribution in [3.63, 3.8) is 0 Å². The summed E-state index contributed by atoms with van der Waals surface area (Å²) in [6, 6.07) is 14.7. The highest BCUT2D eigenvalue weighted by molar-refractivity contribution is 7.21. The van der Waals surface area contributed by atoms with Crippen LogP contribution in [0.3, 0.4) is 0 Å². The smallest absolute Gasteiger partial charge is 0.267 e. The molecule has 144 valence electrons. The fourth-order valence-electron chi connectivity index (χ4n) is 3.27. The van der Waals surface area contributed by atoms with Crippen molar-refractivity contribution in [3.05, 3.63) is 64.0 Å². The van der Waals surface area contributed by atoms with Crippen LogP contribution < -0.4 is 5.32 Å². The van der Waals surface area contributed by atoms with E-state index in [2.05, 4.69) is 17.3 Å². The van der Waals surface area contributed by atoms with Crippen molar-refractivity contribution >= 4 is 50.5 Å². The molecule has 0 bridgehead atoms. The Morgan fingerprint density at radius 3 is 2.54 bits per heavy atom. The Hall–Kier alpha value is -2.41. The molecular weight excluding hydrogens is 394 g/mol. The third-order valence-corrected chi connectivity index (χ3v) is 6.57. The Bertz CT molecular complexity index is 1040. The van der Waals surface area contributed by atoms with Crippen LogP contribution in [0.15, 0.2) is 48.5 Å². The van der Waals surface area contributed by atoms with E-state index in [1.165, 1.54) is 11.3 Å². The van der Waals surface area contributed by atoms with Crippen molar-refractivity contribution in [3.8, 4) is 0 Å². The lowest BCUT2D eigenvalue weighted by Gasteiger charge is -2.32. The molecule has 1 aliphatic heterocycles. The van der Waals surface area contributed by atoms with Gasteiger partial charge in [0.15, 0.2) is 0 Å². The van der Waals surface area contributed by atoms with E-state index < -0.39 is 0 Å². The Labute approximate surface area is 172 Å². The van der Waals surface area contributed by atoms with Gasteiger partial charge in [-0.05, 0) is 31.3 Å². The van der Waals surface area contributed by atoms with Crippen molar-refractivity contribution in [1.82, 2.24) is 9.80 Å². The highest BCUT2D eigenvalue weighted by Crippen LogP contribution is 2.35. The maximum atomic E-state index is 12.8.